The summed E-state index contributed by atoms with van der Waals surface area (Å²) in [7, 11) is 1.52. The van der Waals surface area contributed by atoms with Crippen molar-refractivity contribution in [2.24, 2.45) is 0 Å². The minimum absolute atomic E-state index is 0.00533. The molecule has 4 rings (SSSR count). The molecule has 1 aliphatic rings. The third-order valence-electron chi connectivity index (χ3n) is 5.67. The van der Waals surface area contributed by atoms with Crippen LogP contribution in [0.2, 0.25) is 0 Å². The highest BCUT2D eigenvalue weighted by atomic mass is 19.4. The van der Waals surface area contributed by atoms with E-state index in [1.165, 1.54) is 24.3 Å². The summed E-state index contributed by atoms with van der Waals surface area (Å²) in [6.45, 7) is 5.15. The Hall–Kier alpha value is -4.08. The number of pyridine rings is 1. The zero-order valence-electron chi connectivity index (χ0n) is 20.7. The first-order chi connectivity index (χ1) is 17.4. The van der Waals surface area contributed by atoms with Crippen molar-refractivity contribution in [2.45, 2.75) is 45.1 Å². The average molecular weight is 514 g/mol. The number of carbonyl (C=O) groups excluding carboxylic acids is 2. The molecule has 1 aromatic heterocycles. The Bertz CT molecular complexity index is 1320. The lowest BCUT2D eigenvalue weighted by Gasteiger charge is -2.36. The molecule has 0 fully saturated rings. The van der Waals surface area contributed by atoms with Gasteiger partial charge in [0.2, 0.25) is 11.8 Å². The van der Waals surface area contributed by atoms with Crippen molar-refractivity contribution in [1.29, 1.82) is 0 Å². The van der Waals surface area contributed by atoms with E-state index in [0.717, 1.165) is 18.2 Å². The predicted molar refractivity (Wildman–Crippen MR) is 129 cm³/mol. The molecule has 3 aromatic rings. The first kappa shape index (κ1) is 26.0. The van der Waals surface area contributed by atoms with Gasteiger partial charge in [0.25, 0.3) is 5.91 Å². The third kappa shape index (κ3) is 5.68. The Morgan fingerprint density at radius 3 is 2.43 bits per heavy atom. The van der Waals surface area contributed by atoms with E-state index in [0.29, 0.717) is 11.3 Å². The van der Waals surface area contributed by atoms with E-state index in [-0.39, 0.29) is 29.3 Å². The summed E-state index contributed by atoms with van der Waals surface area (Å²) in [5, 5.41) is 2.81. The minimum atomic E-state index is -4.68. The predicted octanol–water partition coefficient (Wildman–Crippen LogP) is 5.51. The number of ether oxygens (including phenoxy) is 2. The quantitative estimate of drug-likeness (QED) is 0.498. The zero-order chi connectivity index (χ0) is 27.0. The SMILES string of the molecule is COc1ccc(CN2C(=O)c3cccnc3Oc3ccc(C(F)(F)F)cc3C2C(=O)NC(C)(C)C)cc1. The molecule has 0 saturated carbocycles. The van der Waals surface area contributed by atoms with Crippen molar-refractivity contribution in [3.63, 3.8) is 0 Å². The van der Waals surface area contributed by atoms with E-state index in [1.807, 2.05) is 0 Å². The minimum Gasteiger partial charge on any atom is -0.497 e. The van der Waals surface area contributed by atoms with Gasteiger partial charge in [-0.05, 0) is 68.8 Å². The van der Waals surface area contributed by atoms with E-state index < -0.39 is 35.1 Å². The Balaban J connectivity index is 1.94. The van der Waals surface area contributed by atoms with Crippen LogP contribution in [0.25, 0.3) is 0 Å². The van der Waals surface area contributed by atoms with Crippen LogP contribution in [0, 0.1) is 0 Å². The van der Waals surface area contributed by atoms with Crippen LogP contribution >= 0.6 is 0 Å². The number of fused-ring (bicyclic) bond motifs is 2. The van der Waals surface area contributed by atoms with Gasteiger partial charge in [-0.15, -0.1) is 0 Å². The average Bonchev–Trinajstić information content (AvgIpc) is 2.82. The van der Waals surface area contributed by atoms with Crippen LogP contribution in [0.15, 0.2) is 60.8 Å². The number of methoxy groups -OCH3 is 1. The second-order valence-corrected chi connectivity index (χ2v) is 9.63. The Morgan fingerprint density at radius 1 is 1.11 bits per heavy atom. The molecule has 1 unspecified atom stereocenters. The fraction of sp³-hybridized carbons (Fsp3) is 0.296. The van der Waals surface area contributed by atoms with Crippen LogP contribution in [-0.4, -0.2) is 34.3 Å². The van der Waals surface area contributed by atoms with Crippen LogP contribution in [0.5, 0.6) is 17.4 Å². The van der Waals surface area contributed by atoms with Crippen molar-refractivity contribution >= 4 is 11.8 Å². The number of alkyl halides is 3. The van der Waals surface area contributed by atoms with E-state index in [9.17, 15) is 22.8 Å². The second kappa shape index (κ2) is 9.76. The number of rotatable bonds is 4. The molecule has 0 aliphatic carbocycles. The fourth-order valence-corrected chi connectivity index (χ4v) is 4.02. The number of carbonyl (C=O) groups is 2. The molecule has 37 heavy (non-hydrogen) atoms. The fourth-order valence-electron chi connectivity index (χ4n) is 4.02. The van der Waals surface area contributed by atoms with Gasteiger partial charge in [-0.25, -0.2) is 4.98 Å². The van der Waals surface area contributed by atoms with Gasteiger partial charge in [0.15, 0.2) is 0 Å². The Labute approximate surface area is 212 Å². The molecular weight excluding hydrogens is 487 g/mol. The Kier molecular flexibility index (Phi) is 6.86. The summed E-state index contributed by atoms with van der Waals surface area (Å²) in [6, 6.07) is 11.3. The van der Waals surface area contributed by atoms with Crippen molar-refractivity contribution in [1.82, 2.24) is 15.2 Å². The van der Waals surface area contributed by atoms with Gasteiger partial charge in [-0.1, -0.05) is 12.1 Å². The summed E-state index contributed by atoms with van der Waals surface area (Å²) in [4.78, 5) is 32.9. The molecule has 0 spiro atoms. The highest BCUT2D eigenvalue weighted by molar-refractivity contribution is 6.00. The smallest absolute Gasteiger partial charge is 0.416 e. The van der Waals surface area contributed by atoms with Crippen LogP contribution in [0.1, 0.15) is 53.9 Å². The second-order valence-electron chi connectivity index (χ2n) is 9.63. The molecule has 2 aromatic carbocycles. The largest absolute Gasteiger partial charge is 0.497 e. The van der Waals surface area contributed by atoms with E-state index in [1.54, 1.807) is 51.1 Å². The molecular formula is C27H26F3N3O4. The molecule has 1 aliphatic heterocycles. The van der Waals surface area contributed by atoms with E-state index in [2.05, 4.69) is 10.3 Å². The lowest BCUT2D eigenvalue weighted by molar-refractivity contribution is -0.138. The molecule has 1 N–H and O–H groups in total. The third-order valence-corrected chi connectivity index (χ3v) is 5.67. The van der Waals surface area contributed by atoms with Gasteiger partial charge >= 0.3 is 6.18 Å². The van der Waals surface area contributed by atoms with Gasteiger partial charge in [0.05, 0.1) is 12.7 Å². The molecule has 1 atom stereocenters. The first-order valence-electron chi connectivity index (χ1n) is 11.5. The van der Waals surface area contributed by atoms with E-state index >= 15 is 0 Å². The van der Waals surface area contributed by atoms with Gasteiger partial charge in [0, 0.05) is 23.8 Å². The lowest BCUT2D eigenvalue weighted by Crippen LogP contribution is -2.49. The molecule has 2 amide bonds. The van der Waals surface area contributed by atoms with Gasteiger partial charge < -0.3 is 19.7 Å². The molecule has 0 bridgehead atoms. The van der Waals surface area contributed by atoms with E-state index in [4.69, 9.17) is 9.47 Å². The van der Waals surface area contributed by atoms with Crippen molar-refractivity contribution < 1.29 is 32.2 Å². The highest BCUT2D eigenvalue weighted by Gasteiger charge is 2.40. The van der Waals surface area contributed by atoms with Crippen LogP contribution in [-0.2, 0) is 17.5 Å². The maximum atomic E-state index is 13.9. The monoisotopic (exact) mass is 513 g/mol. The lowest BCUT2D eigenvalue weighted by atomic mass is 9.96. The molecule has 7 nitrogen and oxygen atoms in total. The maximum absolute atomic E-state index is 13.9. The number of halogens is 3. The number of aromatic nitrogens is 1. The zero-order valence-corrected chi connectivity index (χ0v) is 20.7. The normalized spacial score (nSPS) is 15.6. The van der Waals surface area contributed by atoms with Crippen LogP contribution < -0.4 is 14.8 Å². The van der Waals surface area contributed by atoms with Crippen molar-refractivity contribution in [3.05, 3.63) is 83.0 Å². The standard InChI is InChI=1S/C27H26F3N3O4/c1-26(2,3)32-23(34)22-20-14-17(27(28,29)30)9-12-21(20)37-24-19(6-5-13-31-24)25(35)33(22)15-16-7-10-18(36-4)11-8-16/h5-14,22H,15H2,1-4H3,(H,32,34). The molecule has 10 heteroatoms. The van der Waals surface area contributed by atoms with Gasteiger partial charge in [-0.2, -0.15) is 13.2 Å². The summed E-state index contributed by atoms with van der Waals surface area (Å²) in [5.41, 5.74) is -1.08. The van der Waals surface area contributed by atoms with Gasteiger partial charge in [0.1, 0.15) is 23.1 Å². The first-order valence-corrected chi connectivity index (χ1v) is 11.5. The number of nitrogens with zero attached hydrogens (tertiary/aromatic N) is 2. The summed E-state index contributed by atoms with van der Waals surface area (Å²) in [5.74, 6) is -0.744. The number of nitrogens with one attached hydrogen (secondary N) is 1. The molecule has 2 heterocycles. The van der Waals surface area contributed by atoms with Crippen molar-refractivity contribution in [2.75, 3.05) is 7.11 Å². The number of hydrogen-bond donors (Lipinski definition) is 1. The maximum Gasteiger partial charge on any atom is 0.416 e. The molecule has 0 saturated heterocycles. The summed E-state index contributed by atoms with van der Waals surface area (Å²) in [6.07, 6.45) is -3.27. The summed E-state index contributed by atoms with van der Waals surface area (Å²) < 4.78 is 52.2. The Morgan fingerprint density at radius 2 is 1.81 bits per heavy atom. The van der Waals surface area contributed by atoms with Crippen molar-refractivity contribution in [3.8, 4) is 17.4 Å². The summed E-state index contributed by atoms with van der Waals surface area (Å²) >= 11 is 0. The van der Waals surface area contributed by atoms with Crippen LogP contribution in [0.3, 0.4) is 0 Å². The topological polar surface area (TPSA) is 80.8 Å². The molecule has 0 radical (unpaired) electrons. The number of benzene rings is 2. The number of amides is 2. The number of hydrogen-bond acceptors (Lipinski definition) is 5. The molecule has 194 valence electrons. The van der Waals surface area contributed by atoms with Gasteiger partial charge in [-0.3, -0.25) is 9.59 Å². The highest BCUT2D eigenvalue weighted by Crippen LogP contribution is 2.41. The van der Waals surface area contributed by atoms with Crippen LogP contribution in [0.4, 0.5) is 13.2 Å².